The molecule has 0 amide bonds. The predicted molar refractivity (Wildman–Crippen MR) is 85.9 cm³/mol. The van der Waals surface area contributed by atoms with Gasteiger partial charge < -0.3 is 10.1 Å². The lowest BCUT2D eigenvalue weighted by Crippen LogP contribution is -1.94. The minimum absolute atomic E-state index is 0.125. The molecule has 3 rings (SSSR count). The largest absolute Gasteiger partial charge is 0.497 e. The van der Waals surface area contributed by atoms with E-state index in [1.54, 1.807) is 20.2 Å². The molecular weight excluding hydrogens is 309 g/mol. The average molecular weight is 321 g/mol. The number of anilines is 1. The van der Waals surface area contributed by atoms with Gasteiger partial charge >= 0.3 is 0 Å². The fourth-order valence-electron chi connectivity index (χ4n) is 1.95. The van der Waals surface area contributed by atoms with Crippen molar-refractivity contribution in [3.63, 3.8) is 0 Å². The highest BCUT2D eigenvalue weighted by Crippen LogP contribution is 2.34. The van der Waals surface area contributed by atoms with Crippen molar-refractivity contribution >= 4 is 39.4 Å². The number of methoxy groups -OCH3 is 1. The van der Waals surface area contributed by atoms with Gasteiger partial charge in [-0.05, 0) is 30.3 Å². The highest BCUT2D eigenvalue weighted by atomic mass is 32.2. The lowest BCUT2D eigenvalue weighted by Gasteiger charge is -2.04. The molecule has 3 aromatic rings. The van der Waals surface area contributed by atoms with E-state index in [0.29, 0.717) is 16.4 Å². The first-order valence-electron chi connectivity index (χ1n) is 6.17. The molecule has 0 aliphatic rings. The Balaban J connectivity index is 2.07. The van der Waals surface area contributed by atoms with E-state index in [1.807, 2.05) is 24.3 Å². The second kappa shape index (κ2) is 5.87. The molecule has 0 fully saturated rings. The molecule has 0 bridgehead atoms. The van der Waals surface area contributed by atoms with E-state index in [4.69, 9.17) is 4.74 Å². The van der Waals surface area contributed by atoms with Crippen LogP contribution < -0.4 is 10.1 Å². The number of hydrogen-bond donors (Lipinski definition) is 1. The lowest BCUT2D eigenvalue weighted by molar-refractivity contribution is 0.415. The highest BCUT2D eigenvalue weighted by molar-refractivity contribution is 7.94. The zero-order valence-electron chi connectivity index (χ0n) is 11.4. The second-order valence-corrected chi connectivity index (χ2v) is 5.80. The molecule has 0 radical (unpaired) electrons. The summed E-state index contributed by atoms with van der Waals surface area (Å²) in [5.74, 6) is 0.788. The minimum Gasteiger partial charge on any atom is -0.497 e. The standard InChI is InChI=1S/C14H12FN3OS2/c1-16-10-5-6-11(18-14(10)21-15)13-17-9-4-3-8(19-2)7-12(9)20-13/h3-7,16H,1-2H3. The Morgan fingerprint density at radius 3 is 2.81 bits per heavy atom. The van der Waals surface area contributed by atoms with Crippen molar-refractivity contribution in [2.24, 2.45) is 0 Å². The van der Waals surface area contributed by atoms with Crippen molar-refractivity contribution in [1.82, 2.24) is 9.97 Å². The van der Waals surface area contributed by atoms with E-state index in [-0.39, 0.29) is 12.1 Å². The van der Waals surface area contributed by atoms with E-state index in [1.165, 1.54) is 11.3 Å². The third-order valence-electron chi connectivity index (χ3n) is 3.02. The summed E-state index contributed by atoms with van der Waals surface area (Å²) in [6.45, 7) is 0. The first kappa shape index (κ1) is 14.1. The Morgan fingerprint density at radius 2 is 2.10 bits per heavy atom. The van der Waals surface area contributed by atoms with Crippen LogP contribution in [0, 0.1) is 0 Å². The van der Waals surface area contributed by atoms with Gasteiger partial charge in [-0.3, -0.25) is 0 Å². The zero-order valence-corrected chi connectivity index (χ0v) is 13.0. The molecule has 0 spiro atoms. The summed E-state index contributed by atoms with van der Waals surface area (Å²) < 4.78 is 19.2. The number of fused-ring (bicyclic) bond motifs is 1. The van der Waals surface area contributed by atoms with E-state index in [9.17, 15) is 3.89 Å². The summed E-state index contributed by atoms with van der Waals surface area (Å²) in [7, 11) is 3.37. The molecule has 0 aliphatic heterocycles. The van der Waals surface area contributed by atoms with Crippen LogP contribution in [0.1, 0.15) is 0 Å². The van der Waals surface area contributed by atoms with Crippen LogP contribution in [-0.2, 0) is 0 Å². The van der Waals surface area contributed by atoms with Crippen molar-refractivity contribution in [2.45, 2.75) is 5.03 Å². The summed E-state index contributed by atoms with van der Waals surface area (Å²) in [6.07, 6.45) is 0. The molecule has 0 saturated carbocycles. The number of nitrogens with one attached hydrogen (secondary N) is 1. The molecule has 1 aromatic carbocycles. The smallest absolute Gasteiger partial charge is 0.153 e. The molecule has 108 valence electrons. The van der Waals surface area contributed by atoms with Crippen LogP contribution in [0.5, 0.6) is 5.75 Å². The van der Waals surface area contributed by atoms with E-state index in [0.717, 1.165) is 21.0 Å². The van der Waals surface area contributed by atoms with Crippen LogP contribution in [-0.4, -0.2) is 24.1 Å². The van der Waals surface area contributed by atoms with Gasteiger partial charge in [0.15, 0.2) is 5.03 Å². The number of pyridine rings is 1. The monoisotopic (exact) mass is 321 g/mol. The van der Waals surface area contributed by atoms with E-state index >= 15 is 0 Å². The van der Waals surface area contributed by atoms with Crippen LogP contribution in [0.15, 0.2) is 35.4 Å². The normalized spacial score (nSPS) is 10.8. The van der Waals surface area contributed by atoms with Gasteiger partial charge in [0.05, 0.1) is 23.0 Å². The maximum Gasteiger partial charge on any atom is 0.153 e. The van der Waals surface area contributed by atoms with Crippen LogP contribution in [0.3, 0.4) is 0 Å². The summed E-state index contributed by atoms with van der Waals surface area (Å²) in [5, 5.41) is 3.98. The van der Waals surface area contributed by atoms with Crippen LogP contribution in [0.4, 0.5) is 9.57 Å². The van der Waals surface area contributed by atoms with Gasteiger partial charge in [-0.25, -0.2) is 9.97 Å². The van der Waals surface area contributed by atoms with Crippen LogP contribution >= 0.6 is 23.5 Å². The van der Waals surface area contributed by atoms with Gasteiger partial charge in [0, 0.05) is 7.05 Å². The van der Waals surface area contributed by atoms with Crippen molar-refractivity contribution < 1.29 is 8.62 Å². The number of ether oxygens (including phenoxy) is 1. The first-order chi connectivity index (χ1) is 10.2. The van der Waals surface area contributed by atoms with Crippen molar-refractivity contribution in [3.8, 4) is 16.5 Å². The van der Waals surface area contributed by atoms with E-state index in [2.05, 4.69) is 15.3 Å². The summed E-state index contributed by atoms with van der Waals surface area (Å²) in [6, 6.07) is 9.34. The quantitative estimate of drug-likeness (QED) is 0.772. The molecular formula is C14H12FN3OS2. The molecule has 2 heterocycles. The minimum atomic E-state index is 0.125. The molecule has 0 aliphatic carbocycles. The van der Waals surface area contributed by atoms with Crippen LogP contribution in [0.25, 0.3) is 20.9 Å². The maximum atomic E-state index is 13.0. The topological polar surface area (TPSA) is 47.0 Å². The Morgan fingerprint density at radius 1 is 1.24 bits per heavy atom. The van der Waals surface area contributed by atoms with Gasteiger partial charge in [0.25, 0.3) is 0 Å². The third-order valence-corrected chi connectivity index (χ3v) is 4.52. The van der Waals surface area contributed by atoms with E-state index < -0.39 is 0 Å². The highest BCUT2D eigenvalue weighted by Gasteiger charge is 2.12. The average Bonchev–Trinajstić information content (AvgIpc) is 2.96. The van der Waals surface area contributed by atoms with Gasteiger partial charge in [0.1, 0.15) is 28.6 Å². The Hall–Kier alpha value is -1.86. The summed E-state index contributed by atoms with van der Waals surface area (Å²) in [5.41, 5.74) is 2.20. The van der Waals surface area contributed by atoms with Gasteiger partial charge in [-0.1, -0.05) is 0 Å². The third kappa shape index (κ3) is 2.66. The Labute approximate surface area is 129 Å². The Bertz CT molecular complexity index is 791. The first-order valence-corrected chi connectivity index (χ1v) is 7.71. The number of halogens is 1. The number of nitrogens with zero attached hydrogens (tertiary/aromatic N) is 2. The molecule has 2 aromatic heterocycles. The SMILES string of the molecule is CNc1ccc(-c2nc3ccc(OC)cc3s2)nc1SF. The molecule has 0 unspecified atom stereocenters. The summed E-state index contributed by atoms with van der Waals surface area (Å²) in [4.78, 5) is 8.85. The number of rotatable bonds is 4. The Kier molecular flexibility index (Phi) is 3.94. The molecule has 4 nitrogen and oxygen atoms in total. The van der Waals surface area contributed by atoms with Gasteiger partial charge in [-0.15, -0.1) is 11.3 Å². The van der Waals surface area contributed by atoms with Gasteiger partial charge in [-0.2, -0.15) is 3.89 Å². The zero-order chi connectivity index (χ0) is 14.8. The van der Waals surface area contributed by atoms with Gasteiger partial charge in [0.2, 0.25) is 0 Å². The van der Waals surface area contributed by atoms with Crippen molar-refractivity contribution in [1.29, 1.82) is 0 Å². The lowest BCUT2D eigenvalue weighted by atomic mass is 10.3. The number of benzene rings is 1. The summed E-state index contributed by atoms with van der Waals surface area (Å²) >= 11 is 1.63. The molecule has 0 saturated heterocycles. The molecule has 21 heavy (non-hydrogen) atoms. The number of thiazole rings is 1. The fourth-order valence-corrected chi connectivity index (χ4v) is 3.30. The van der Waals surface area contributed by atoms with Crippen molar-refractivity contribution in [2.75, 3.05) is 19.5 Å². The maximum absolute atomic E-state index is 13.0. The predicted octanol–water partition coefficient (Wildman–Crippen LogP) is 4.39. The number of hydrogen-bond acceptors (Lipinski definition) is 6. The molecule has 1 N–H and O–H groups in total. The number of aromatic nitrogens is 2. The molecule has 0 atom stereocenters. The second-order valence-electron chi connectivity index (χ2n) is 4.23. The van der Waals surface area contributed by atoms with Crippen LogP contribution in [0.2, 0.25) is 0 Å². The van der Waals surface area contributed by atoms with Crippen molar-refractivity contribution in [3.05, 3.63) is 30.3 Å². The fraction of sp³-hybridized carbons (Fsp3) is 0.143. The molecule has 7 heteroatoms.